The molecule has 0 aromatic heterocycles. The van der Waals surface area contributed by atoms with Gasteiger partial charge in [-0.15, -0.1) is 0 Å². The number of aryl methyl sites for hydroxylation is 2. The van der Waals surface area contributed by atoms with E-state index in [1.165, 1.54) is 11.1 Å². The third kappa shape index (κ3) is 3.59. The number of urea groups is 1. The SMILES string of the molecule is Cc1ccc(NC(=O)NC2CCC3OCCOC3C2)cc1C. The second-order valence-electron chi connectivity index (χ2n) is 6.23. The predicted octanol–water partition coefficient (Wildman–Crippen LogP) is 2.76. The fourth-order valence-electron chi connectivity index (χ4n) is 3.17. The van der Waals surface area contributed by atoms with Crippen molar-refractivity contribution < 1.29 is 14.3 Å². The van der Waals surface area contributed by atoms with Gasteiger partial charge in [-0.3, -0.25) is 0 Å². The Labute approximate surface area is 131 Å². The summed E-state index contributed by atoms with van der Waals surface area (Å²) in [6.45, 7) is 5.44. The van der Waals surface area contributed by atoms with Gasteiger partial charge in [0.2, 0.25) is 0 Å². The lowest BCUT2D eigenvalue weighted by molar-refractivity contribution is -0.157. The number of fused-ring (bicyclic) bond motifs is 1. The van der Waals surface area contributed by atoms with Crippen LogP contribution in [0.15, 0.2) is 18.2 Å². The van der Waals surface area contributed by atoms with Gasteiger partial charge in [0, 0.05) is 11.7 Å². The van der Waals surface area contributed by atoms with Crippen molar-refractivity contribution in [2.75, 3.05) is 18.5 Å². The van der Waals surface area contributed by atoms with Crippen molar-refractivity contribution in [2.24, 2.45) is 0 Å². The molecule has 3 rings (SSSR count). The van der Waals surface area contributed by atoms with E-state index in [0.717, 1.165) is 24.9 Å². The third-order valence-electron chi connectivity index (χ3n) is 4.58. The molecule has 1 heterocycles. The van der Waals surface area contributed by atoms with E-state index in [2.05, 4.69) is 17.6 Å². The molecule has 5 heteroatoms. The van der Waals surface area contributed by atoms with Gasteiger partial charge in [-0.2, -0.15) is 0 Å². The van der Waals surface area contributed by atoms with Crippen LogP contribution in [-0.4, -0.2) is 37.5 Å². The molecule has 3 atom stereocenters. The Hall–Kier alpha value is -1.59. The highest BCUT2D eigenvalue weighted by molar-refractivity contribution is 5.89. The van der Waals surface area contributed by atoms with E-state index >= 15 is 0 Å². The second kappa shape index (κ2) is 6.67. The van der Waals surface area contributed by atoms with Crippen molar-refractivity contribution in [2.45, 2.75) is 51.4 Å². The first kappa shape index (κ1) is 15.3. The zero-order valence-corrected chi connectivity index (χ0v) is 13.2. The number of benzene rings is 1. The molecule has 1 aromatic rings. The van der Waals surface area contributed by atoms with Crippen LogP contribution in [0.4, 0.5) is 10.5 Å². The molecule has 3 unspecified atom stereocenters. The Morgan fingerprint density at radius 2 is 1.86 bits per heavy atom. The molecular formula is C17H24N2O3. The van der Waals surface area contributed by atoms with Gasteiger partial charge < -0.3 is 20.1 Å². The van der Waals surface area contributed by atoms with Crippen LogP contribution in [0.1, 0.15) is 30.4 Å². The fraction of sp³-hybridized carbons (Fsp3) is 0.588. The summed E-state index contributed by atoms with van der Waals surface area (Å²) in [6.07, 6.45) is 3.03. The molecule has 1 aliphatic heterocycles. The van der Waals surface area contributed by atoms with Crippen LogP contribution >= 0.6 is 0 Å². The monoisotopic (exact) mass is 304 g/mol. The number of nitrogens with one attached hydrogen (secondary N) is 2. The summed E-state index contributed by atoms with van der Waals surface area (Å²) in [7, 11) is 0. The Kier molecular flexibility index (Phi) is 4.64. The first-order valence-corrected chi connectivity index (χ1v) is 8.00. The number of amides is 2. The van der Waals surface area contributed by atoms with Gasteiger partial charge in [0.25, 0.3) is 0 Å². The minimum absolute atomic E-state index is 0.120. The summed E-state index contributed by atoms with van der Waals surface area (Å²) in [5, 5.41) is 5.96. The zero-order chi connectivity index (χ0) is 15.5. The Bertz CT molecular complexity index is 547. The molecular weight excluding hydrogens is 280 g/mol. The number of hydrogen-bond donors (Lipinski definition) is 2. The maximum atomic E-state index is 12.1. The third-order valence-corrected chi connectivity index (χ3v) is 4.58. The molecule has 1 aromatic carbocycles. The molecule has 0 bridgehead atoms. The van der Waals surface area contributed by atoms with Crippen LogP contribution in [0.25, 0.3) is 0 Å². The van der Waals surface area contributed by atoms with Crippen LogP contribution in [-0.2, 0) is 9.47 Å². The van der Waals surface area contributed by atoms with E-state index in [1.54, 1.807) is 0 Å². The summed E-state index contributed by atoms with van der Waals surface area (Å²) in [4.78, 5) is 12.1. The first-order valence-electron chi connectivity index (χ1n) is 8.00. The van der Waals surface area contributed by atoms with E-state index in [0.29, 0.717) is 13.2 Å². The summed E-state index contributed by atoms with van der Waals surface area (Å²) >= 11 is 0. The first-order chi connectivity index (χ1) is 10.6. The van der Waals surface area contributed by atoms with Gasteiger partial charge in [0.1, 0.15) is 0 Å². The lowest BCUT2D eigenvalue weighted by Crippen LogP contribution is -2.50. The summed E-state index contributed by atoms with van der Waals surface area (Å²) < 4.78 is 11.4. The van der Waals surface area contributed by atoms with Crippen LogP contribution in [0.3, 0.4) is 0 Å². The quantitative estimate of drug-likeness (QED) is 0.883. The van der Waals surface area contributed by atoms with Crippen LogP contribution < -0.4 is 10.6 Å². The topological polar surface area (TPSA) is 59.6 Å². The van der Waals surface area contributed by atoms with Crippen molar-refractivity contribution in [3.8, 4) is 0 Å². The van der Waals surface area contributed by atoms with E-state index in [-0.39, 0.29) is 24.3 Å². The molecule has 2 N–H and O–H groups in total. The molecule has 22 heavy (non-hydrogen) atoms. The highest BCUT2D eigenvalue weighted by atomic mass is 16.6. The Morgan fingerprint density at radius 3 is 2.64 bits per heavy atom. The standard InChI is InChI=1S/C17H24N2O3/c1-11-3-4-13(9-12(11)2)18-17(20)19-14-5-6-15-16(10-14)22-8-7-21-15/h3-4,9,14-16H,5-8,10H2,1-2H3,(H2,18,19,20). The van der Waals surface area contributed by atoms with E-state index in [1.807, 2.05) is 25.1 Å². The number of carbonyl (C=O) groups excluding carboxylic acids is 1. The summed E-state index contributed by atoms with van der Waals surface area (Å²) in [5.74, 6) is 0. The molecule has 0 spiro atoms. The van der Waals surface area contributed by atoms with E-state index < -0.39 is 0 Å². The number of anilines is 1. The van der Waals surface area contributed by atoms with Crippen molar-refractivity contribution >= 4 is 11.7 Å². The largest absolute Gasteiger partial charge is 0.373 e. The molecule has 2 fully saturated rings. The second-order valence-corrected chi connectivity index (χ2v) is 6.23. The van der Waals surface area contributed by atoms with Gasteiger partial charge in [-0.1, -0.05) is 6.07 Å². The van der Waals surface area contributed by atoms with E-state index in [9.17, 15) is 4.79 Å². The number of rotatable bonds is 2. The van der Waals surface area contributed by atoms with Gasteiger partial charge in [0.15, 0.2) is 0 Å². The number of ether oxygens (including phenoxy) is 2. The highest BCUT2D eigenvalue weighted by Gasteiger charge is 2.34. The summed E-state index contributed by atoms with van der Waals surface area (Å²) in [6, 6.07) is 5.93. The lowest BCUT2D eigenvalue weighted by atomic mass is 9.90. The highest BCUT2D eigenvalue weighted by Crippen LogP contribution is 2.26. The number of carbonyl (C=O) groups is 1. The van der Waals surface area contributed by atoms with E-state index in [4.69, 9.17) is 9.47 Å². The molecule has 120 valence electrons. The van der Waals surface area contributed by atoms with Gasteiger partial charge >= 0.3 is 6.03 Å². The Balaban J connectivity index is 1.52. The van der Waals surface area contributed by atoms with Gasteiger partial charge in [0.05, 0.1) is 25.4 Å². The van der Waals surface area contributed by atoms with Crippen molar-refractivity contribution in [1.29, 1.82) is 0 Å². The molecule has 0 radical (unpaired) electrons. The minimum Gasteiger partial charge on any atom is -0.373 e. The van der Waals surface area contributed by atoms with Crippen molar-refractivity contribution in [1.82, 2.24) is 5.32 Å². The van der Waals surface area contributed by atoms with Gasteiger partial charge in [-0.25, -0.2) is 4.79 Å². The van der Waals surface area contributed by atoms with Crippen molar-refractivity contribution in [3.05, 3.63) is 29.3 Å². The maximum Gasteiger partial charge on any atom is 0.319 e. The molecule has 2 amide bonds. The minimum atomic E-state index is -0.150. The fourth-order valence-corrected chi connectivity index (χ4v) is 3.17. The Morgan fingerprint density at radius 1 is 1.09 bits per heavy atom. The van der Waals surface area contributed by atoms with Gasteiger partial charge in [-0.05, 0) is 56.4 Å². The average Bonchev–Trinajstić information content (AvgIpc) is 2.51. The normalized spacial score (nSPS) is 27.8. The molecule has 5 nitrogen and oxygen atoms in total. The zero-order valence-electron chi connectivity index (χ0n) is 13.2. The van der Waals surface area contributed by atoms with Crippen molar-refractivity contribution in [3.63, 3.8) is 0 Å². The van der Waals surface area contributed by atoms with Crippen LogP contribution in [0, 0.1) is 13.8 Å². The van der Waals surface area contributed by atoms with Crippen LogP contribution in [0.2, 0.25) is 0 Å². The van der Waals surface area contributed by atoms with Crippen LogP contribution in [0.5, 0.6) is 0 Å². The maximum absolute atomic E-state index is 12.1. The molecule has 1 saturated heterocycles. The molecule has 1 saturated carbocycles. The summed E-state index contributed by atoms with van der Waals surface area (Å²) in [5.41, 5.74) is 3.22. The average molecular weight is 304 g/mol. The predicted molar refractivity (Wildman–Crippen MR) is 85.2 cm³/mol. The molecule has 2 aliphatic rings. The number of hydrogen-bond acceptors (Lipinski definition) is 3. The lowest BCUT2D eigenvalue weighted by Gasteiger charge is -2.39. The smallest absolute Gasteiger partial charge is 0.319 e. The molecule has 1 aliphatic carbocycles.